The molecule has 150 valence electrons. The number of carbonyl (C=O) groups is 1. The number of hydrogen-bond donors (Lipinski definition) is 1. The topological polar surface area (TPSA) is 83.5 Å². The molecule has 0 spiro atoms. The van der Waals surface area contributed by atoms with Gasteiger partial charge in [-0.15, -0.1) is 0 Å². The molecule has 2 aromatic heterocycles. The minimum absolute atomic E-state index is 0.180. The number of para-hydroxylation sites is 1. The van der Waals surface area contributed by atoms with Crippen LogP contribution < -0.4 is 15.0 Å². The van der Waals surface area contributed by atoms with Gasteiger partial charge in [-0.25, -0.2) is 15.0 Å². The lowest BCUT2D eigenvalue weighted by atomic mass is 10.3. The van der Waals surface area contributed by atoms with Gasteiger partial charge in [-0.05, 0) is 38.4 Å². The van der Waals surface area contributed by atoms with E-state index in [2.05, 4.69) is 30.1 Å². The molecule has 1 amide bonds. The molecule has 1 N–H and O–H groups in total. The van der Waals surface area contributed by atoms with Crippen molar-refractivity contribution >= 4 is 17.4 Å². The fraction of sp³-hybridized carbons (Fsp3) is 0.238. The highest BCUT2D eigenvalue weighted by molar-refractivity contribution is 6.03. The summed E-state index contributed by atoms with van der Waals surface area (Å²) in [6, 6.07) is 13.1. The fourth-order valence-electron chi connectivity index (χ4n) is 2.43. The van der Waals surface area contributed by atoms with Gasteiger partial charge in [-0.2, -0.15) is 0 Å². The Hall–Kier alpha value is -3.52. The molecule has 0 radical (unpaired) electrons. The van der Waals surface area contributed by atoms with Crippen LogP contribution in [0.3, 0.4) is 0 Å². The molecule has 0 saturated carbocycles. The van der Waals surface area contributed by atoms with Crippen LogP contribution in [0.15, 0.2) is 61.1 Å². The van der Waals surface area contributed by atoms with E-state index in [1.54, 1.807) is 18.3 Å². The zero-order valence-electron chi connectivity index (χ0n) is 16.7. The Balaban J connectivity index is 1.57. The molecule has 0 unspecified atom stereocenters. The molecular formula is C21H24N6O2. The van der Waals surface area contributed by atoms with Crippen molar-refractivity contribution in [1.82, 2.24) is 19.9 Å². The second kappa shape index (κ2) is 9.61. The molecule has 0 aliphatic carbocycles. The van der Waals surface area contributed by atoms with E-state index in [1.165, 1.54) is 12.4 Å². The first kappa shape index (κ1) is 20.2. The summed E-state index contributed by atoms with van der Waals surface area (Å²) >= 11 is 0. The van der Waals surface area contributed by atoms with Crippen LogP contribution in [-0.2, 0) is 0 Å². The first-order valence-electron chi connectivity index (χ1n) is 9.19. The van der Waals surface area contributed by atoms with Crippen LogP contribution in [0.1, 0.15) is 10.4 Å². The number of hydrogen-bond acceptors (Lipinski definition) is 7. The van der Waals surface area contributed by atoms with E-state index >= 15 is 0 Å². The van der Waals surface area contributed by atoms with E-state index in [9.17, 15) is 4.79 Å². The van der Waals surface area contributed by atoms with Crippen molar-refractivity contribution in [2.24, 2.45) is 0 Å². The third kappa shape index (κ3) is 5.98. The highest BCUT2D eigenvalue weighted by Crippen LogP contribution is 2.17. The smallest absolute Gasteiger partial charge is 0.321 e. The van der Waals surface area contributed by atoms with Gasteiger partial charge in [0.2, 0.25) is 0 Å². The summed E-state index contributed by atoms with van der Waals surface area (Å²) in [4.78, 5) is 29.2. The zero-order valence-corrected chi connectivity index (χ0v) is 16.7. The monoisotopic (exact) mass is 392 g/mol. The SMILES string of the molecule is CN(C)CCN(C)c1ccc(NC(=O)c2cnc(Oc3ccccc3)nc2)cn1. The lowest BCUT2D eigenvalue weighted by Gasteiger charge is -2.20. The summed E-state index contributed by atoms with van der Waals surface area (Å²) in [5, 5.41) is 2.79. The minimum Gasteiger partial charge on any atom is -0.424 e. The average Bonchev–Trinajstić information content (AvgIpc) is 2.74. The predicted octanol–water partition coefficient (Wildman–Crippen LogP) is 2.91. The van der Waals surface area contributed by atoms with E-state index in [0.717, 1.165) is 18.9 Å². The Morgan fingerprint density at radius 2 is 1.66 bits per heavy atom. The largest absolute Gasteiger partial charge is 0.424 e. The number of nitrogens with zero attached hydrogens (tertiary/aromatic N) is 5. The van der Waals surface area contributed by atoms with Gasteiger partial charge >= 0.3 is 6.01 Å². The number of benzene rings is 1. The molecule has 0 aliphatic rings. The number of anilines is 2. The van der Waals surface area contributed by atoms with Crippen molar-refractivity contribution in [1.29, 1.82) is 0 Å². The molecule has 2 heterocycles. The van der Waals surface area contributed by atoms with Crippen molar-refractivity contribution in [2.75, 3.05) is 44.4 Å². The average molecular weight is 392 g/mol. The van der Waals surface area contributed by atoms with Gasteiger partial charge < -0.3 is 19.9 Å². The number of likely N-dealkylation sites (N-methyl/N-ethyl adjacent to an activating group) is 2. The number of carbonyl (C=O) groups excluding carboxylic acids is 1. The second-order valence-corrected chi connectivity index (χ2v) is 6.75. The van der Waals surface area contributed by atoms with E-state index in [0.29, 0.717) is 17.0 Å². The van der Waals surface area contributed by atoms with Crippen molar-refractivity contribution in [3.63, 3.8) is 0 Å². The highest BCUT2D eigenvalue weighted by atomic mass is 16.5. The van der Waals surface area contributed by atoms with E-state index in [4.69, 9.17) is 4.74 Å². The molecule has 0 bridgehead atoms. The van der Waals surface area contributed by atoms with Crippen LogP contribution in [-0.4, -0.2) is 60.0 Å². The fourth-order valence-corrected chi connectivity index (χ4v) is 2.43. The molecule has 0 fully saturated rings. The maximum atomic E-state index is 12.4. The molecule has 1 aromatic carbocycles. The lowest BCUT2D eigenvalue weighted by Crippen LogP contribution is -2.28. The van der Waals surface area contributed by atoms with Gasteiger partial charge in [0.15, 0.2) is 0 Å². The Labute approximate surface area is 170 Å². The van der Waals surface area contributed by atoms with Gasteiger partial charge in [0.1, 0.15) is 11.6 Å². The molecule has 3 rings (SSSR count). The number of pyridine rings is 1. The zero-order chi connectivity index (χ0) is 20.6. The highest BCUT2D eigenvalue weighted by Gasteiger charge is 2.10. The van der Waals surface area contributed by atoms with Crippen molar-refractivity contribution in [3.8, 4) is 11.8 Å². The van der Waals surface area contributed by atoms with Crippen LogP contribution in [0.25, 0.3) is 0 Å². The molecule has 8 nitrogen and oxygen atoms in total. The van der Waals surface area contributed by atoms with Crippen LogP contribution in [0.2, 0.25) is 0 Å². The number of nitrogens with one attached hydrogen (secondary N) is 1. The summed E-state index contributed by atoms with van der Waals surface area (Å²) in [5.74, 6) is 1.16. The first-order chi connectivity index (χ1) is 14.0. The minimum atomic E-state index is -0.313. The Morgan fingerprint density at radius 1 is 0.931 bits per heavy atom. The van der Waals surface area contributed by atoms with Crippen molar-refractivity contribution in [2.45, 2.75) is 0 Å². The molecule has 0 saturated heterocycles. The van der Waals surface area contributed by atoms with Crippen molar-refractivity contribution < 1.29 is 9.53 Å². The van der Waals surface area contributed by atoms with Crippen LogP contribution in [0, 0.1) is 0 Å². The van der Waals surface area contributed by atoms with Gasteiger partial charge in [0.25, 0.3) is 5.91 Å². The van der Waals surface area contributed by atoms with E-state index in [1.807, 2.05) is 51.5 Å². The number of amides is 1. The van der Waals surface area contributed by atoms with Gasteiger partial charge in [-0.3, -0.25) is 4.79 Å². The third-order valence-corrected chi connectivity index (χ3v) is 4.12. The Morgan fingerprint density at radius 3 is 2.28 bits per heavy atom. The Bertz CT molecular complexity index is 914. The molecule has 0 atom stereocenters. The predicted molar refractivity (Wildman–Crippen MR) is 113 cm³/mol. The van der Waals surface area contributed by atoms with Gasteiger partial charge in [-0.1, -0.05) is 18.2 Å². The normalized spacial score (nSPS) is 10.6. The molecule has 3 aromatic rings. The van der Waals surface area contributed by atoms with Crippen LogP contribution in [0.5, 0.6) is 11.8 Å². The van der Waals surface area contributed by atoms with Gasteiger partial charge in [0.05, 0.1) is 17.4 Å². The standard InChI is InChI=1S/C21H24N6O2/c1-26(2)11-12-27(3)19-10-9-17(15-22-19)25-20(28)16-13-23-21(24-14-16)29-18-7-5-4-6-8-18/h4-10,13-15H,11-12H2,1-3H3,(H,25,28). The number of rotatable bonds is 8. The lowest BCUT2D eigenvalue weighted by molar-refractivity contribution is 0.102. The third-order valence-electron chi connectivity index (χ3n) is 4.12. The molecule has 8 heteroatoms. The van der Waals surface area contributed by atoms with E-state index in [-0.39, 0.29) is 11.9 Å². The summed E-state index contributed by atoms with van der Waals surface area (Å²) in [5.41, 5.74) is 0.932. The van der Waals surface area contributed by atoms with Gasteiger partial charge in [0, 0.05) is 32.5 Å². The molecule has 29 heavy (non-hydrogen) atoms. The maximum Gasteiger partial charge on any atom is 0.321 e. The quantitative estimate of drug-likeness (QED) is 0.631. The number of ether oxygens (including phenoxy) is 1. The number of aromatic nitrogens is 3. The maximum absolute atomic E-state index is 12.4. The van der Waals surface area contributed by atoms with Crippen LogP contribution in [0.4, 0.5) is 11.5 Å². The van der Waals surface area contributed by atoms with Crippen LogP contribution >= 0.6 is 0 Å². The summed E-state index contributed by atoms with van der Waals surface area (Å²) in [7, 11) is 6.05. The summed E-state index contributed by atoms with van der Waals surface area (Å²) in [6.07, 6.45) is 4.49. The molecule has 0 aliphatic heterocycles. The summed E-state index contributed by atoms with van der Waals surface area (Å²) in [6.45, 7) is 1.79. The first-order valence-corrected chi connectivity index (χ1v) is 9.19. The second-order valence-electron chi connectivity index (χ2n) is 6.75. The van der Waals surface area contributed by atoms with Crippen molar-refractivity contribution in [3.05, 3.63) is 66.6 Å². The summed E-state index contributed by atoms with van der Waals surface area (Å²) < 4.78 is 5.53. The molecular weight excluding hydrogens is 368 g/mol. The Kier molecular flexibility index (Phi) is 6.70. The van der Waals surface area contributed by atoms with E-state index < -0.39 is 0 Å².